The minimum atomic E-state index is -2.17. The summed E-state index contributed by atoms with van der Waals surface area (Å²) >= 11 is 0. The van der Waals surface area contributed by atoms with Gasteiger partial charge in [-0.3, -0.25) is 0 Å². The lowest BCUT2D eigenvalue weighted by Crippen LogP contribution is -2.31. The predicted molar refractivity (Wildman–Crippen MR) is 70.3 cm³/mol. The normalized spacial score (nSPS) is 24.8. The number of allylic oxidation sites excluding steroid dienone is 6. The Kier molecular flexibility index (Phi) is 2.35. The van der Waals surface area contributed by atoms with Crippen LogP contribution < -0.4 is 0 Å². The second kappa shape index (κ2) is 3.69. The Morgan fingerprint density at radius 3 is 2.39 bits per heavy atom. The topological polar surface area (TPSA) is 60.7 Å². The van der Waals surface area contributed by atoms with Crippen molar-refractivity contribution < 1.29 is 15.1 Å². The zero-order valence-electron chi connectivity index (χ0n) is 9.96. The van der Waals surface area contributed by atoms with E-state index < -0.39 is 7.32 Å². The molecule has 1 aromatic carbocycles. The fraction of sp³-hybridized carbons (Fsp3) is 0.143. The van der Waals surface area contributed by atoms with E-state index in [0.717, 1.165) is 0 Å². The molecule has 1 aromatic rings. The number of hydrogen-bond donors (Lipinski definition) is 3. The molecule has 0 heterocycles. The van der Waals surface area contributed by atoms with Gasteiger partial charge in [0.1, 0.15) is 0 Å². The monoisotopic (exact) mass is 240 g/mol. The van der Waals surface area contributed by atoms with Gasteiger partial charge in [0.2, 0.25) is 0 Å². The van der Waals surface area contributed by atoms with Crippen molar-refractivity contribution in [1.82, 2.24) is 0 Å². The zero-order valence-corrected chi connectivity index (χ0v) is 9.96. The van der Waals surface area contributed by atoms with Crippen LogP contribution in [0.1, 0.15) is 18.1 Å². The molecule has 3 aliphatic rings. The van der Waals surface area contributed by atoms with Crippen LogP contribution in [-0.4, -0.2) is 22.4 Å². The van der Waals surface area contributed by atoms with E-state index in [1.54, 1.807) is 0 Å². The first-order valence-electron chi connectivity index (χ1n) is 5.84. The maximum absolute atomic E-state index is 7.17. The van der Waals surface area contributed by atoms with Crippen molar-refractivity contribution in [3.63, 3.8) is 0 Å². The number of fused-ring (bicyclic) bond motifs is 2. The van der Waals surface area contributed by atoms with Crippen LogP contribution in [0.2, 0.25) is 0 Å². The molecule has 4 rings (SSSR count). The van der Waals surface area contributed by atoms with Gasteiger partial charge in [0.05, 0.1) is 0 Å². The summed E-state index contributed by atoms with van der Waals surface area (Å²) in [6, 6.07) is 8.78. The number of hydrogen-bond acceptors (Lipinski definition) is 3. The lowest BCUT2D eigenvalue weighted by atomic mass is 9.63. The summed E-state index contributed by atoms with van der Waals surface area (Å²) in [5.41, 5.74) is 7.61. The molecular weight excluding hydrogens is 227 g/mol. The molecule has 1 atom stereocenters. The van der Waals surface area contributed by atoms with Crippen LogP contribution in [-0.2, 0) is 5.41 Å². The van der Waals surface area contributed by atoms with E-state index >= 15 is 0 Å². The third-order valence-corrected chi connectivity index (χ3v) is 3.89. The van der Waals surface area contributed by atoms with Gasteiger partial charge in [-0.15, -0.1) is 0 Å². The average Bonchev–Trinajstić information content (AvgIpc) is 2.47. The van der Waals surface area contributed by atoms with Gasteiger partial charge in [-0.2, -0.15) is 0 Å². The molecule has 18 heavy (non-hydrogen) atoms. The van der Waals surface area contributed by atoms with Crippen molar-refractivity contribution in [3.05, 3.63) is 64.8 Å². The van der Waals surface area contributed by atoms with Crippen molar-refractivity contribution in [1.29, 1.82) is 0 Å². The number of rotatable bonds is 0. The van der Waals surface area contributed by atoms with Gasteiger partial charge in [0.25, 0.3) is 0 Å². The summed E-state index contributed by atoms with van der Waals surface area (Å²) in [5.74, 6) is 0. The molecule has 0 radical (unpaired) electrons. The van der Waals surface area contributed by atoms with Gasteiger partial charge in [0, 0.05) is 5.41 Å². The molecule has 4 heteroatoms. The lowest BCUT2D eigenvalue weighted by molar-refractivity contribution is 0.278. The molecule has 3 nitrogen and oxygen atoms in total. The van der Waals surface area contributed by atoms with Gasteiger partial charge in [0.15, 0.2) is 0 Å². The van der Waals surface area contributed by atoms with E-state index in [1.807, 2.05) is 0 Å². The summed E-state index contributed by atoms with van der Waals surface area (Å²) in [7, 11) is -2.17. The van der Waals surface area contributed by atoms with Crippen LogP contribution >= 0.6 is 0 Å². The molecule has 0 amide bonds. The van der Waals surface area contributed by atoms with Crippen LogP contribution in [0.5, 0.6) is 0 Å². The Morgan fingerprint density at radius 2 is 1.72 bits per heavy atom. The van der Waals surface area contributed by atoms with E-state index in [-0.39, 0.29) is 5.41 Å². The second-order valence-electron chi connectivity index (χ2n) is 4.78. The maximum atomic E-state index is 7.17. The molecule has 90 valence electrons. The minimum absolute atomic E-state index is 0.237. The molecule has 4 bridgehead atoms. The first kappa shape index (κ1) is 11.5. The van der Waals surface area contributed by atoms with Crippen LogP contribution in [0.3, 0.4) is 0 Å². The van der Waals surface area contributed by atoms with E-state index in [2.05, 4.69) is 49.4 Å². The van der Waals surface area contributed by atoms with E-state index in [9.17, 15) is 0 Å². The van der Waals surface area contributed by atoms with Gasteiger partial charge in [-0.1, -0.05) is 42.5 Å². The SMILES string of the molecule is CC12c3ccc(c1c3)-c1ccccc12.OB(O)O. The smallest absolute Gasteiger partial charge is 0.402 e. The summed E-state index contributed by atoms with van der Waals surface area (Å²) in [4.78, 5) is 0. The fourth-order valence-electron chi connectivity index (χ4n) is 3.04. The third kappa shape index (κ3) is 1.31. The molecule has 0 aromatic heterocycles. The Bertz CT molecular complexity index is 608. The lowest BCUT2D eigenvalue weighted by Gasteiger charge is -2.39. The summed E-state index contributed by atoms with van der Waals surface area (Å²) in [6.45, 7) is 2.34. The zero-order chi connectivity index (χ0) is 12.9. The van der Waals surface area contributed by atoms with Gasteiger partial charge in [-0.25, -0.2) is 0 Å². The first-order chi connectivity index (χ1) is 8.55. The second-order valence-corrected chi connectivity index (χ2v) is 4.78. The van der Waals surface area contributed by atoms with E-state index in [1.165, 1.54) is 27.8 Å². The molecule has 0 saturated carbocycles. The quantitative estimate of drug-likeness (QED) is 0.596. The van der Waals surface area contributed by atoms with E-state index in [0.29, 0.717) is 0 Å². The number of benzene rings is 1. The Hall–Kier alpha value is -1.62. The standard InChI is InChI=1S/C14H10.BH3O3/c1-14-9-6-7-11(13(14)8-9)10-4-2-3-5-12(10)14;2-1(3)4/h2-8H,1H3;2-4H. The molecule has 0 saturated heterocycles. The molecule has 0 fully saturated rings. The van der Waals surface area contributed by atoms with Crippen molar-refractivity contribution in [2.24, 2.45) is 0 Å². The van der Waals surface area contributed by atoms with Gasteiger partial charge in [-0.05, 0) is 34.8 Å². The van der Waals surface area contributed by atoms with Crippen LogP contribution in [0.4, 0.5) is 0 Å². The van der Waals surface area contributed by atoms with Crippen LogP contribution in [0, 0.1) is 0 Å². The summed E-state index contributed by atoms with van der Waals surface area (Å²) in [5, 5.41) is 21.5. The van der Waals surface area contributed by atoms with Crippen molar-refractivity contribution in [2.75, 3.05) is 0 Å². The fourth-order valence-corrected chi connectivity index (χ4v) is 3.04. The van der Waals surface area contributed by atoms with Gasteiger partial charge < -0.3 is 15.1 Å². The van der Waals surface area contributed by atoms with Crippen molar-refractivity contribution in [3.8, 4) is 0 Å². The molecule has 3 N–H and O–H groups in total. The maximum Gasteiger partial charge on any atom is 0.631 e. The van der Waals surface area contributed by atoms with Crippen molar-refractivity contribution >= 4 is 12.9 Å². The molecular formula is C14H13BO3. The molecule has 1 unspecified atom stereocenters. The highest BCUT2D eigenvalue weighted by molar-refractivity contribution is 6.30. The first-order valence-corrected chi connectivity index (χ1v) is 5.84. The van der Waals surface area contributed by atoms with Crippen LogP contribution in [0.15, 0.2) is 53.6 Å². The highest BCUT2D eigenvalue weighted by atomic mass is 16.5. The van der Waals surface area contributed by atoms with E-state index in [4.69, 9.17) is 15.1 Å². The summed E-state index contributed by atoms with van der Waals surface area (Å²) < 4.78 is 0. The van der Waals surface area contributed by atoms with Crippen LogP contribution in [0.25, 0.3) is 5.57 Å². The third-order valence-electron chi connectivity index (χ3n) is 3.89. The largest absolute Gasteiger partial charge is 0.631 e. The molecule has 0 spiro atoms. The van der Waals surface area contributed by atoms with Crippen molar-refractivity contribution in [2.45, 2.75) is 12.3 Å². The average molecular weight is 240 g/mol. The highest BCUT2D eigenvalue weighted by Crippen LogP contribution is 2.62. The van der Waals surface area contributed by atoms with Gasteiger partial charge >= 0.3 is 7.32 Å². The minimum Gasteiger partial charge on any atom is -0.402 e. The predicted octanol–water partition coefficient (Wildman–Crippen LogP) is 1.17. The molecule has 0 aliphatic heterocycles. The summed E-state index contributed by atoms with van der Waals surface area (Å²) in [6.07, 6.45) is 6.86. The Morgan fingerprint density at radius 1 is 1.06 bits per heavy atom. The Labute approximate surface area is 106 Å². The molecule has 3 aliphatic carbocycles. The Balaban J connectivity index is 0.000000223. The highest BCUT2D eigenvalue weighted by Gasteiger charge is 2.50.